The minimum atomic E-state index is -0.395. The minimum Gasteiger partial charge on any atom is -0.362 e. The second-order valence-electron chi connectivity index (χ2n) is 3.85. The van der Waals surface area contributed by atoms with Crippen LogP contribution in [-0.4, -0.2) is 29.0 Å². The number of nitrogens with two attached hydrogens (primary N) is 1. The Labute approximate surface area is 93.2 Å². The Hall–Kier alpha value is -1.69. The van der Waals surface area contributed by atoms with Gasteiger partial charge in [-0.3, -0.25) is 15.1 Å². The van der Waals surface area contributed by atoms with Crippen molar-refractivity contribution in [2.24, 2.45) is 5.73 Å². The summed E-state index contributed by atoms with van der Waals surface area (Å²) < 4.78 is 0. The first-order valence-corrected chi connectivity index (χ1v) is 5.29. The molecule has 1 aliphatic rings. The molecule has 0 aliphatic carbocycles. The fraction of sp³-hybridized carbons (Fsp3) is 0.500. The van der Waals surface area contributed by atoms with Gasteiger partial charge in [-0.25, -0.2) is 0 Å². The lowest BCUT2D eigenvalue weighted by Gasteiger charge is -2.24. The summed E-state index contributed by atoms with van der Waals surface area (Å²) in [5.74, 6) is 0. The van der Waals surface area contributed by atoms with Crippen molar-refractivity contribution in [2.45, 2.75) is 18.9 Å². The first kappa shape index (κ1) is 10.8. The molecule has 2 N–H and O–H groups in total. The number of rotatable bonds is 3. The lowest BCUT2D eigenvalue weighted by molar-refractivity contribution is -0.384. The van der Waals surface area contributed by atoms with Gasteiger partial charge in [0, 0.05) is 25.3 Å². The van der Waals surface area contributed by atoms with Crippen molar-refractivity contribution in [1.82, 2.24) is 4.98 Å². The molecule has 2 rings (SSSR count). The van der Waals surface area contributed by atoms with Gasteiger partial charge in [-0.15, -0.1) is 0 Å². The molecular formula is C10H14N4O2. The summed E-state index contributed by atoms with van der Waals surface area (Å²) >= 11 is 0. The van der Waals surface area contributed by atoms with Gasteiger partial charge in [0.15, 0.2) is 0 Å². The summed E-state index contributed by atoms with van der Waals surface area (Å²) in [5, 5.41) is 10.9. The molecule has 86 valence electrons. The third kappa shape index (κ3) is 1.83. The molecule has 0 saturated carbocycles. The van der Waals surface area contributed by atoms with E-state index in [1.807, 2.05) is 4.90 Å². The zero-order valence-corrected chi connectivity index (χ0v) is 8.87. The molecule has 2 heterocycles. The van der Waals surface area contributed by atoms with Crippen molar-refractivity contribution in [3.63, 3.8) is 0 Å². The first-order valence-electron chi connectivity index (χ1n) is 5.29. The molecule has 0 aromatic carbocycles. The number of anilines is 1. The van der Waals surface area contributed by atoms with Crippen LogP contribution >= 0.6 is 0 Å². The fourth-order valence-electron chi connectivity index (χ4n) is 2.16. The smallest absolute Gasteiger partial charge is 0.310 e. The molecular weight excluding hydrogens is 208 g/mol. The molecule has 1 saturated heterocycles. The number of pyridine rings is 1. The van der Waals surface area contributed by atoms with Crippen LogP contribution in [-0.2, 0) is 0 Å². The fourth-order valence-corrected chi connectivity index (χ4v) is 2.16. The van der Waals surface area contributed by atoms with Crippen molar-refractivity contribution in [3.8, 4) is 0 Å². The molecule has 16 heavy (non-hydrogen) atoms. The molecule has 6 nitrogen and oxygen atoms in total. The molecule has 6 heteroatoms. The van der Waals surface area contributed by atoms with Gasteiger partial charge in [0.2, 0.25) is 0 Å². The molecule has 0 radical (unpaired) electrons. The summed E-state index contributed by atoms with van der Waals surface area (Å²) in [6, 6.07) is 1.90. The van der Waals surface area contributed by atoms with Gasteiger partial charge in [0.25, 0.3) is 0 Å². The van der Waals surface area contributed by atoms with E-state index in [9.17, 15) is 10.1 Å². The second kappa shape index (κ2) is 4.44. The van der Waals surface area contributed by atoms with Gasteiger partial charge < -0.3 is 10.6 Å². The van der Waals surface area contributed by atoms with E-state index in [0.29, 0.717) is 12.2 Å². The van der Waals surface area contributed by atoms with Crippen LogP contribution in [0.3, 0.4) is 0 Å². The highest BCUT2D eigenvalue weighted by atomic mass is 16.6. The Morgan fingerprint density at radius 3 is 3.19 bits per heavy atom. The zero-order chi connectivity index (χ0) is 11.5. The number of hydrogen-bond acceptors (Lipinski definition) is 5. The monoisotopic (exact) mass is 222 g/mol. The van der Waals surface area contributed by atoms with Gasteiger partial charge in [0.1, 0.15) is 11.9 Å². The minimum absolute atomic E-state index is 0.0582. The normalized spacial score (nSPS) is 20.1. The molecule has 0 bridgehead atoms. The summed E-state index contributed by atoms with van der Waals surface area (Å²) in [6.07, 6.45) is 4.90. The van der Waals surface area contributed by atoms with E-state index in [1.54, 1.807) is 12.3 Å². The Balaban J connectivity index is 2.35. The topological polar surface area (TPSA) is 85.3 Å². The van der Waals surface area contributed by atoms with Crippen molar-refractivity contribution < 1.29 is 4.92 Å². The maximum atomic E-state index is 10.9. The first-order chi connectivity index (χ1) is 7.74. The summed E-state index contributed by atoms with van der Waals surface area (Å²) in [4.78, 5) is 16.3. The molecule has 1 unspecified atom stereocenters. The van der Waals surface area contributed by atoms with Crippen LogP contribution in [0.1, 0.15) is 12.8 Å². The van der Waals surface area contributed by atoms with Gasteiger partial charge in [-0.2, -0.15) is 0 Å². The molecule has 1 fully saturated rings. The van der Waals surface area contributed by atoms with Gasteiger partial charge in [-0.05, 0) is 18.9 Å². The number of aromatic nitrogens is 1. The summed E-state index contributed by atoms with van der Waals surface area (Å²) in [7, 11) is 0. The van der Waals surface area contributed by atoms with E-state index < -0.39 is 4.92 Å². The van der Waals surface area contributed by atoms with Crippen LogP contribution in [0.2, 0.25) is 0 Å². The van der Waals surface area contributed by atoms with Crippen molar-refractivity contribution in [1.29, 1.82) is 0 Å². The predicted molar refractivity (Wildman–Crippen MR) is 60.3 cm³/mol. The Kier molecular flexibility index (Phi) is 3.00. The highest BCUT2D eigenvalue weighted by Gasteiger charge is 2.28. The average molecular weight is 222 g/mol. The highest BCUT2D eigenvalue weighted by Crippen LogP contribution is 2.32. The zero-order valence-electron chi connectivity index (χ0n) is 8.87. The van der Waals surface area contributed by atoms with Crippen molar-refractivity contribution in [2.75, 3.05) is 18.0 Å². The number of hydrogen-bond donors (Lipinski definition) is 1. The SMILES string of the molecule is NCC1CCCN1c1ccncc1[N+](=O)[O-]. The van der Waals surface area contributed by atoms with E-state index in [4.69, 9.17) is 5.73 Å². The Bertz CT molecular complexity index is 396. The Morgan fingerprint density at radius 1 is 1.69 bits per heavy atom. The molecule has 0 spiro atoms. The maximum Gasteiger partial charge on any atom is 0.310 e. The third-order valence-electron chi connectivity index (χ3n) is 2.93. The number of nitrogens with zero attached hydrogens (tertiary/aromatic N) is 3. The maximum absolute atomic E-state index is 10.9. The lowest BCUT2D eigenvalue weighted by atomic mass is 10.2. The van der Waals surface area contributed by atoms with E-state index in [2.05, 4.69) is 4.98 Å². The molecule has 0 amide bonds. The van der Waals surface area contributed by atoms with Crippen LogP contribution < -0.4 is 10.6 Å². The van der Waals surface area contributed by atoms with Gasteiger partial charge in [-0.1, -0.05) is 0 Å². The number of nitro groups is 1. The average Bonchev–Trinajstić information content (AvgIpc) is 2.76. The molecule has 1 aliphatic heterocycles. The predicted octanol–water partition coefficient (Wildman–Crippen LogP) is 0.917. The largest absolute Gasteiger partial charge is 0.362 e. The van der Waals surface area contributed by atoms with Crippen molar-refractivity contribution >= 4 is 11.4 Å². The van der Waals surface area contributed by atoms with Gasteiger partial charge in [0.05, 0.1) is 4.92 Å². The van der Waals surface area contributed by atoms with Crippen LogP contribution in [0.15, 0.2) is 18.5 Å². The van der Waals surface area contributed by atoms with Crippen molar-refractivity contribution in [3.05, 3.63) is 28.6 Å². The summed E-state index contributed by atoms with van der Waals surface area (Å²) in [5.41, 5.74) is 6.35. The lowest BCUT2D eigenvalue weighted by Crippen LogP contribution is -2.35. The van der Waals surface area contributed by atoms with Crippen LogP contribution in [0, 0.1) is 10.1 Å². The Morgan fingerprint density at radius 2 is 2.50 bits per heavy atom. The second-order valence-corrected chi connectivity index (χ2v) is 3.85. The summed E-state index contributed by atoms with van der Waals surface area (Å²) in [6.45, 7) is 1.35. The van der Waals surface area contributed by atoms with Gasteiger partial charge >= 0.3 is 5.69 Å². The van der Waals surface area contributed by atoms with E-state index in [1.165, 1.54) is 6.20 Å². The highest BCUT2D eigenvalue weighted by molar-refractivity contribution is 5.62. The van der Waals surface area contributed by atoms with Crippen LogP contribution in [0.4, 0.5) is 11.4 Å². The van der Waals surface area contributed by atoms with Crippen LogP contribution in [0.5, 0.6) is 0 Å². The van der Waals surface area contributed by atoms with E-state index in [-0.39, 0.29) is 11.7 Å². The standard InChI is InChI=1S/C10H14N4O2/c11-6-8-2-1-5-13(8)9-3-4-12-7-10(9)14(15)16/h3-4,7-8H,1-2,5-6,11H2. The van der Waals surface area contributed by atoms with Crippen LogP contribution in [0.25, 0.3) is 0 Å². The molecule has 1 aromatic rings. The van der Waals surface area contributed by atoms with E-state index >= 15 is 0 Å². The third-order valence-corrected chi connectivity index (χ3v) is 2.93. The quantitative estimate of drug-likeness (QED) is 0.607. The van der Waals surface area contributed by atoms with E-state index in [0.717, 1.165) is 19.4 Å². The molecule has 1 atom stereocenters. The molecule has 1 aromatic heterocycles.